The Balaban J connectivity index is 2.13. The summed E-state index contributed by atoms with van der Waals surface area (Å²) in [7, 11) is 1.63. The maximum atomic E-state index is 6.01. The molecule has 0 aliphatic heterocycles. The topological polar surface area (TPSA) is 35.2 Å². The lowest BCUT2D eigenvalue weighted by atomic mass is 9.86. The normalized spacial score (nSPS) is 10.0. The van der Waals surface area contributed by atoms with E-state index in [2.05, 4.69) is 0 Å². The highest BCUT2D eigenvalue weighted by Crippen LogP contribution is 2.24. The van der Waals surface area contributed by atoms with Crippen LogP contribution in [-0.4, -0.2) is 7.48 Å². The van der Waals surface area contributed by atoms with Crippen molar-refractivity contribution in [2.45, 2.75) is 6.92 Å². The van der Waals surface area contributed by atoms with Crippen molar-refractivity contribution in [3.05, 3.63) is 53.1 Å². The summed E-state index contributed by atoms with van der Waals surface area (Å²) in [6.45, 7) is 1.92. The molecule has 2 aromatic rings. The van der Waals surface area contributed by atoms with Crippen LogP contribution < -0.4 is 15.9 Å². The van der Waals surface area contributed by atoms with Gasteiger partial charge in [0.15, 0.2) is 0 Å². The summed E-state index contributed by atoms with van der Waals surface area (Å²) < 4.78 is 5.60. The van der Waals surface area contributed by atoms with E-state index in [9.17, 15) is 0 Å². The minimum absolute atomic E-state index is 0.687. The molecule has 1 radical (unpaired) electrons. The standard InChI is InChI=1S/C13H12BClNO/c1-9-11(15)6-4-8-13(9)17-14-10-5-2-3-7-12(10)16/h2-8H,16H2,1H3. The SMILES string of the molecule is Cc1c(Cl)cccc1O[B]c1ccccc1N. The van der Waals surface area contributed by atoms with E-state index in [1.807, 2.05) is 49.4 Å². The van der Waals surface area contributed by atoms with Gasteiger partial charge in [0.25, 0.3) is 0 Å². The van der Waals surface area contributed by atoms with Gasteiger partial charge in [0.05, 0.1) is 0 Å². The molecule has 0 heterocycles. The molecule has 0 fully saturated rings. The summed E-state index contributed by atoms with van der Waals surface area (Å²) in [4.78, 5) is 0. The number of nitrogens with two attached hydrogens (primary N) is 1. The van der Waals surface area contributed by atoms with Crippen LogP contribution in [-0.2, 0) is 0 Å². The molecule has 0 spiro atoms. The Morgan fingerprint density at radius 2 is 1.88 bits per heavy atom. The van der Waals surface area contributed by atoms with E-state index in [-0.39, 0.29) is 0 Å². The van der Waals surface area contributed by atoms with Crippen molar-refractivity contribution in [3.63, 3.8) is 0 Å². The van der Waals surface area contributed by atoms with Gasteiger partial charge in [-0.1, -0.05) is 35.9 Å². The zero-order valence-electron chi connectivity index (χ0n) is 9.48. The Labute approximate surface area is 107 Å². The monoisotopic (exact) mass is 244 g/mol. The van der Waals surface area contributed by atoms with E-state index >= 15 is 0 Å². The maximum absolute atomic E-state index is 6.01. The van der Waals surface area contributed by atoms with Crippen LogP contribution in [0.4, 0.5) is 5.69 Å². The Bertz CT molecular complexity index is 531. The number of para-hydroxylation sites is 1. The summed E-state index contributed by atoms with van der Waals surface area (Å²) in [6.07, 6.45) is 0. The first-order chi connectivity index (χ1) is 8.18. The van der Waals surface area contributed by atoms with Crippen molar-refractivity contribution < 1.29 is 4.65 Å². The number of hydrogen-bond donors (Lipinski definition) is 1. The number of hydrogen-bond acceptors (Lipinski definition) is 2. The minimum atomic E-state index is 0.687. The van der Waals surface area contributed by atoms with Gasteiger partial charge in [0, 0.05) is 16.3 Å². The van der Waals surface area contributed by atoms with Crippen molar-refractivity contribution in [2.24, 2.45) is 0 Å². The average Bonchev–Trinajstić information content (AvgIpc) is 2.33. The number of nitrogen functional groups attached to an aromatic ring is 1. The van der Waals surface area contributed by atoms with Gasteiger partial charge < -0.3 is 10.4 Å². The highest BCUT2D eigenvalue weighted by atomic mass is 35.5. The van der Waals surface area contributed by atoms with E-state index < -0.39 is 0 Å². The Kier molecular flexibility index (Phi) is 3.60. The lowest BCUT2D eigenvalue weighted by Crippen LogP contribution is -2.23. The first kappa shape index (κ1) is 11.9. The van der Waals surface area contributed by atoms with Gasteiger partial charge in [0.1, 0.15) is 5.75 Å². The average molecular weight is 245 g/mol. The second kappa shape index (κ2) is 5.15. The fourth-order valence-corrected chi connectivity index (χ4v) is 1.63. The molecule has 0 aliphatic rings. The molecule has 85 valence electrons. The van der Waals surface area contributed by atoms with Crippen LogP contribution in [0.3, 0.4) is 0 Å². The van der Waals surface area contributed by atoms with Gasteiger partial charge in [-0.15, -0.1) is 0 Å². The zero-order chi connectivity index (χ0) is 12.3. The summed E-state index contributed by atoms with van der Waals surface area (Å²) >= 11 is 6.01. The molecule has 2 rings (SSSR count). The quantitative estimate of drug-likeness (QED) is 0.665. The molecule has 0 unspecified atom stereocenters. The molecular weight excluding hydrogens is 232 g/mol. The van der Waals surface area contributed by atoms with Gasteiger partial charge in [-0.2, -0.15) is 0 Å². The van der Waals surface area contributed by atoms with Crippen LogP contribution in [0, 0.1) is 6.92 Å². The molecular formula is C13H12BClNO. The number of rotatable bonds is 3. The molecule has 0 aromatic heterocycles. The second-order valence-electron chi connectivity index (χ2n) is 3.73. The minimum Gasteiger partial charge on any atom is -0.557 e. The zero-order valence-corrected chi connectivity index (χ0v) is 10.2. The molecule has 0 bridgehead atoms. The van der Waals surface area contributed by atoms with Crippen molar-refractivity contribution in [2.75, 3.05) is 5.73 Å². The number of halogens is 1. The fraction of sp³-hybridized carbons (Fsp3) is 0.0769. The Morgan fingerprint density at radius 1 is 1.12 bits per heavy atom. The summed E-state index contributed by atoms with van der Waals surface area (Å²) in [5, 5.41) is 0.692. The van der Waals surface area contributed by atoms with E-state index in [4.69, 9.17) is 22.0 Å². The van der Waals surface area contributed by atoms with Gasteiger partial charge in [-0.3, -0.25) is 0 Å². The number of benzene rings is 2. The third kappa shape index (κ3) is 2.74. The van der Waals surface area contributed by atoms with Gasteiger partial charge in [-0.05, 0) is 30.6 Å². The Morgan fingerprint density at radius 3 is 2.65 bits per heavy atom. The molecule has 0 aliphatic carbocycles. The predicted molar refractivity (Wildman–Crippen MR) is 73.1 cm³/mol. The molecule has 4 heteroatoms. The van der Waals surface area contributed by atoms with Gasteiger partial charge in [-0.25, -0.2) is 0 Å². The van der Waals surface area contributed by atoms with Crippen LogP contribution in [0.2, 0.25) is 5.02 Å². The molecule has 2 N–H and O–H groups in total. The van der Waals surface area contributed by atoms with Gasteiger partial charge in [0.2, 0.25) is 0 Å². The molecule has 2 aromatic carbocycles. The smallest absolute Gasteiger partial charge is 0.410 e. The van der Waals surface area contributed by atoms with Crippen molar-refractivity contribution in [1.29, 1.82) is 0 Å². The van der Waals surface area contributed by atoms with Crippen LogP contribution >= 0.6 is 11.6 Å². The predicted octanol–water partition coefficient (Wildman–Crippen LogP) is 2.55. The van der Waals surface area contributed by atoms with Crippen LogP contribution in [0.1, 0.15) is 5.56 Å². The first-order valence-corrected chi connectivity index (χ1v) is 5.66. The Hall–Kier alpha value is -1.61. The molecule has 0 saturated heterocycles. The molecule has 17 heavy (non-hydrogen) atoms. The summed E-state index contributed by atoms with van der Waals surface area (Å²) in [5.74, 6) is 0.737. The van der Waals surface area contributed by atoms with E-state index in [0.717, 1.165) is 16.8 Å². The third-order valence-corrected chi connectivity index (χ3v) is 2.94. The van der Waals surface area contributed by atoms with Crippen LogP contribution in [0.5, 0.6) is 5.75 Å². The molecule has 2 nitrogen and oxygen atoms in total. The van der Waals surface area contributed by atoms with Crippen molar-refractivity contribution in [3.8, 4) is 5.75 Å². The summed E-state index contributed by atoms with van der Waals surface area (Å²) in [6, 6.07) is 13.1. The third-order valence-electron chi connectivity index (χ3n) is 2.53. The van der Waals surface area contributed by atoms with Crippen LogP contribution in [0.15, 0.2) is 42.5 Å². The van der Waals surface area contributed by atoms with E-state index in [0.29, 0.717) is 10.7 Å². The number of anilines is 1. The molecule has 0 saturated carbocycles. The van der Waals surface area contributed by atoms with E-state index in [1.54, 1.807) is 7.48 Å². The van der Waals surface area contributed by atoms with Crippen molar-refractivity contribution >= 4 is 30.2 Å². The lowest BCUT2D eigenvalue weighted by molar-refractivity contribution is 0.599. The summed E-state index contributed by atoms with van der Waals surface area (Å²) in [5.41, 5.74) is 8.27. The van der Waals surface area contributed by atoms with Crippen LogP contribution in [0.25, 0.3) is 0 Å². The molecule has 0 amide bonds. The maximum Gasteiger partial charge on any atom is 0.410 e. The van der Waals surface area contributed by atoms with E-state index in [1.165, 1.54) is 0 Å². The fourth-order valence-electron chi connectivity index (χ4n) is 1.46. The largest absolute Gasteiger partial charge is 0.557 e. The van der Waals surface area contributed by atoms with Gasteiger partial charge >= 0.3 is 7.48 Å². The lowest BCUT2D eigenvalue weighted by Gasteiger charge is -2.10. The highest BCUT2D eigenvalue weighted by Gasteiger charge is 2.07. The first-order valence-electron chi connectivity index (χ1n) is 5.28. The highest BCUT2D eigenvalue weighted by molar-refractivity contribution is 6.50. The second-order valence-corrected chi connectivity index (χ2v) is 4.13. The molecule has 0 atom stereocenters. The van der Waals surface area contributed by atoms with Crippen molar-refractivity contribution in [1.82, 2.24) is 0 Å².